The SMILES string of the molecule is O=CC1CCCN(c2ccn3nccc3n2)C1. The van der Waals surface area contributed by atoms with Crippen molar-refractivity contribution in [2.45, 2.75) is 12.8 Å². The molecule has 88 valence electrons. The van der Waals surface area contributed by atoms with Gasteiger partial charge in [0.25, 0.3) is 0 Å². The van der Waals surface area contributed by atoms with Gasteiger partial charge in [0.05, 0.1) is 6.20 Å². The Morgan fingerprint density at radius 1 is 1.41 bits per heavy atom. The minimum Gasteiger partial charge on any atom is -0.356 e. The third-order valence-corrected chi connectivity index (χ3v) is 3.22. The maximum Gasteiger partial charge on any atom is 0.157 e. The lowest BCUT2D eigenvalue weighted by atomic mass is 10.00. The zero-order valence-corrected chi connectivity index (χ0v) is 9.49. The molecule has 17 heavy (non-hydrogen) atoms. The van der Waals surface area contributed by atoms with Crippen LogP contribution in [-0.4, -0.2) is 34.0 Å². The van der Waals surface area contributed by atoms with Crippen molar-refractivity contribution >= 4 is 17.8 Å². The van der Waals surface area contributed by atoms with Gasteiger partial charge in [-0.05, 0) is 18.9 Å². The van der Waals surface area contributed by atoms with Gasteiger partial charge in [0.15, 0.2) is 5.65 Å². The summed E-state index contributed by atoms with van der Waals surface area (Å²) in [7, 11) is 0. The predicted molar refractivity (Wildman–Crippen MR) is 64.0 cm³/mol. The Morgan fingerprint density at radius 2 is 2.35 bits per heavy atom. The molecule has 1 atom stereocenters. The van der Waals surface area contributed by atoms with Gasteiger partial charge in [-0.25, -0.2) is 9.50 Å². The molecule has 2 aromatic heterocycles. The van der Waals surface area contributed by atoms with Crippen molar-refractivity contribution < 1.29 is 4.79 Å². The normalized spacial score (nSPS) is 20.7. The fourth-order valence-electron chi connectivity index (χ4n) is 2.31. The number of anilines is 1. The molecule has 0 saturated carbocycles. The first kappa shape index (κ1) is 10.3. The van der Waals surface area contributed by atoms with Gasteiger partial charge in [0, 0.05) is 31.3 Å². The third-order valence-electron chi connectivity index (χ3n) is 3.22. The number of fused-ring (bicyclic) bond motifs is 1. The van der Waals surface area contributed by atoms with Crippen molar-refractivity contribution in [2.24, 2.45) is 5.92 Å². The highest BCUT2D eigenvalue weighted by molar-refractivity contribution is 5.56. The topological polar surface area (TPSA) is 50.5 Å². The maximum absolute atomic E-state index is 10.8. The standard InChI is InChI=1S/C12H14N4O/c17-9-10-2-1-6-15(8-10)11-4-7-16-12(14-11)3-5-13-16/h3-5,7,9-10H,1-2,6,8H2. The fraction of sp³-hybridized carbons (Fsp3) is 0.417. The number of hydrogen-bond acceptors (Lipinski definition) is 4. The van der Waals surface area contributed by atoms with Gasteiger partial charge in [-0.1, -0.05) is 0 Å². The monoisotopic (exact) mass is 230 g/mol. The van der Waals surface area contributed by atoms with E-state index in [9.17, 15) is 4.79 Å². The first-order valence-corrected chi connectivity index (χ1v) is 5.87. The number of piperidine rings is 1. The smallest absolute Gasteiger partial charge is 0.157 e. The summed E-state index contributed by atoms with van der Waals surface area (Å²) in [6.45, 7) is 1.75. The van der Waals surface area contributed by atoms with Crippen molar-refractivity contribution in [3.05, 3.63) is 24.5 Å². The van der Waals surface area contributed by atoms with E-state index in [0.717, 1.165) is 43.7 Å². The van der Waals surface area contributed by atoms with Crippen LogP contribution in [0.25, 0.3) is 5.65 Å². The van der Waals surface area contributed by atoms with E-state index in [2.05, 4.69) is 15.0 Å². The molecule has 0 aromatic carbocycles. The number of hydrogen-bond donors (Lipinski definition) is 0. The molecular formula is C12H14N4O. The summed E-state index contributed by atoms with van der Waals surface area (Å²) in [6, 6.07) is 3.83. The lowest BCUT2D eigenvalue weighted by Gasteiger charge is -2.31. The second kappa shape index (κ2) is 4.16. The van der Waals surface area contributed by atoms with Crippen LogP contribution in [0.1, 0.15) is 12.8 Å². The number of aromatic nitrogens is 3. The Labute approximate surface area is 99.1 Å². The lowest BCUT2D eigenvalue weighted by Crippen LogP contribution is -2.36. The molecule has 0 N–H and O–H groups in total. The Hall–Kier alpha value is -1.91. The predicted octanol–water partition coefficient (Wildman–Crippen LogP) is 1.14. The molecule has 0 radical (unpaired) electrons. The van der Waals surface area contributed by atoms with Crippen molar-refractivity contribution in [1.29, 1.82) is 0 Å². The molecule has 0 spiro atoms. The summed E-state index contributed by atoms with van der Waals surface area (Å²) in [5.74, 6) is 1.08. The van der Waals surface area contributed by atoms with Crippen molar-refractivity contribution in [3.63, 3.8) is 0 Å². The molecule has 3 rings (SSSR count). The second-order valence-corrected chi connectivity index (χ2v) is 4.40. The zero-order chi connectivity index (χ0) is 11.7. The van der Waals surface area contributed by atoms with Crippen LogP contribution in [0.4, 0.5) is 5.82 Å². The highest BCUT2D eigenvalue weighted by Crippen LogP contribution is 2.20. The fourth-order valence-corrected chi connectivity index (χ4v) is 2.31. The molecule has 1 fully saturated rings. The molecule has 1 aliphatic rings. The van der Waals surface area contributed by atoms with E-state index in [1.54, 1.807) is 10.7 Å². The highest BCUT2D eigenvalue weighted by Gasteiger charge is 2.20. The molecule has 1 aliphatic heterocycles. The highest BCUT2D eigenvalue weighted by atomic mass is 16.1. The summed E-state index contributed by atoms with van der Waals surface area (Å²) >= 11 is 0. The van der Waals surface area contributed by atoms with Gasteiger partial charge in [0.1, 0.15) is 12.1 Å². The van der Waals surface area contributed by atoms with Crippen LogP contribution in [-0.2, 0) is 4.79 Å². The van der Waals surface area contributed by atoms with E-state index in [1.807, 2.05) is 18.3 Å². The summed E-state index contributed by atoms with van der Waals surface area (Å²) in [5, 5.41) is 4.12. The number of carbonyl (C=O) groups is 1. The minimum atomic E-state index is 0.145. The van der Waals surface area contributed by atoms with Crippen LogP contribution in [0.3, 0.4) is 0 Å². The van der Waals surface area contributed by atoms with E-state index < -0.39 is 0 Å². The summed E-state index contributed by atoms with van der Waals surface area (Å²) in [4.78, 5) is 17.6. The van der Waals surface area contributed by atoms with E-state index >= 15 is 0 Å². The Balaban J connectivity index is 1.89. The Kier molecular flexibility index (Phi) is 2.51. The Bertz CT molecular complexity index is 536. The second-order valence-electron chi connectivity index (χ2n) is 4.40. The third kappa shape index (κ3) is 1.88. The quantitative estimate of drug-likeness (QED) is 0.726. The van der Waals surface area contributed by atoms with Crippen LogP contribution in [0.5, 0.6) is 0 Å². The molecule has 2 aromatic rings. The first-order chi connectivity index (χ1) is 8.36. The van der Waals surface area contributed by atoms with Crippen LogP contribution in [0, 0.1) is 5.92 Å². The first-order valence-electron chi connectivity index (χ1n) is 5.87. The van der Waals surface area contributed by atoms with Crippen LogP contribution < -0.4 is 4.90 Å². The molecule has 0 aliphatic carbocycles. The van der Waals surface area contributed by atoms with E-state index in [-0.39, 0.29) is 5.92 Å². The average molecular weight is 230 g/mol. The van der Waals surface area contributed by atoms with Gasteiger partial charge in [-0.3, -0.25) is 0 Å². The number of carbonyl (C=O) groups excluding carboxylic acids is 1. The summed E-state index contributed by atoms with van der Waals surface area (Å²) in [5.41, 5.74) is 0.843. The maximum atomic E-state index is 10.8. The Morgan fingerprint density at radius 3 is 3.24 bits per heavy atom. The molecule has 1 unspecified atom stereocenters. The van der Waals surface area contributed by atoms with Gasteiger partial charge >= 0.3 is 0 Å². The number of nitrogens with zero attached hydrogens (tertiary/aromatic N) is 4. The van der Waals surface area contributed by atoms with Crippen molar-refractivity contribution in [3.8, 4) is 0 Å². The van der Waals surface area contributed by atoms with E-state index in [4.69, 9.17) is 0 Å². The summed E-state index contributed by atoms with van der Waals surface area (Å²) < 4.78 is 1.74. The minimum absolute atomic E-state index is 0.145. The lowest BCUT2D eigenvalue weighted by molar-refractivity contribution is -0.111. The number of rotatable bonds is 2. The molecule has 0 bridgehead atoms. The van der Waals surface area contributed by atoms with Gasteiger partial charge in [-0.15, -0.1) is 0 Å². The van der Waals surface area contributed by atoms with Crippen LogP contribution >= 0.6 is 0 Å². The van der Waals surface area contributed by atoms with Crippen LogP contribution in [0.15, 0.2) is 24.5 Å². The number of aldehydes is 1. The van der Waals surface area contributed by atoms with E-state index in [1.165, 1.54) is 0 Å². The molecule has 1 saturated heterocycles. The largest absolute Gasteiger partial charge is 0.356 e. The van der Waals surface area contributed by atoms with Crippen LogP contribution in [0.2, 0.25) is 0 Å². The summed E-state index contributed by atoms with van der Waals surface area (Å²) in [6.07, 6.45) is 6.74. The van der Waals surface area contributed by atoms with Crippen molar-refractivity contribution in [1.82, 2.24) is 14.6 Å². The average Bonchev–Trinajstić information content (AvgIpc) is 2.86. The molecule has 5 nitrogen and oxygen atoms in total. The van der Waals surface area contributed by atoms with Gasteiger partial charge in [-0.2, -0.15) is 5.10 Å². The van der Waals surface area contributed by atoms with E-state index in [0.29, 0.717) is 0 Å². The van der Waals surface area contributed by atoms with Crippen molar-refractivity contribution in [2.75, 3.05) is 18.0 Å². The molecular weight excluding hydrogens is 216 g/mol. The molecule has 3 heterocycles. The van der Waals surface area contributed by atoms with Gasteiger partial charge < -0.3 is 9.69 Å². The zero-order valence-electron chi connectivity index (χ0n) is 9.49. The molecule has 5 heteroatoms. The molecule has 0 amide bonds. The van der Waals surface area contributed by atoms with Gasteiger partial charge in [0.2, 0.25) is 0 Å².